The molecule has 0 aliphatic carbocycles. The van der Waals surface area contributed by atoms with E-state index in [0.29, 0.717) is 12.0 Å². The fraction of sp³-hybridized carbons (Fsp3) is 0.294. The molecule has 0 saturated carbocycles. The molecule has 1 nitrogen and oxygen atoms in total. The molecule has 2 aromatic carbocycles. The lowest BCUT2D eigenvalue weighted by atomic mass is 9.83. The second kappa shape index (κ2) is 4.49. The van der Waals surface area contributed by atoms with Gasteiger partial charge in [0, 0.05) is 5.69 Å². The van der Waals surface area contributed by atoms with Crippen molar-refractivity contribution in [2.75, 3.05) is 5.32 Å². The second-order valence-corrected chi connectivity index (χ2v) is 5.32. The van der Waals surface area contributed by atoms with Gasteiger partial charge in [-0.2, -0.15) is 0 Å². The minimum absolute atomic E-state index is 0.432. The largest absolute Gasteiger partial charge is 0.378 e. The number of rotatable bonds is 1. The minimum atomic E-state index is 0.432. The van der Waals surface area contributed by atoms with Gasteiger partial charge in [0.2, 0.25) is 0 Å². The molecule has 0 radical (unpaired) electrons. The summed E-state index contributed by atoms with van der Waals surface area (Å²) in [7, 11) is 0. The van der Waals surface area contributed by atoms with Crippen LogP contribution in [0.15, 0.2) is 48.5 Å². The van der Waals surface area contributed by atoms with Crippen LogP contribution in [0.5, 0.6) is 0 Å². The van der Waals surface area contributed by atoms with E-state index in [1.165, 1.54) is 22.4 Å². The normalized spacial score (nSPS) is 22.1. The Hall–Kier alpha value is -1.76. The minimum Gasteiger partial charge on any atom is -0.378 e. The highest BCUT2D eigenvalue weighted by molar-refractivity contribution is 5.55. The third kappa shape index (κ3) is 1.90. The maximum Gasteiger partial charge on any atom is 0.0545 e. The van der Waals surface area contributed by atoms with Crippen molar-refractivity contribution in [3.05, 3.63) is 65.2 Å². The van der Waals surface area contributed by atoms with E-state index in [2.05, 4.69) is 67.7 Å². The second-order valence-electron chi connectivity index (χ2n) is 5.32. The third-order valence-corrected chi connectivity index (χ3v) is 3.96. The first-order valence-corrected chi connectivity index (χ1v) is 6.65. The summed E-state index contributed by atoms with van der Waals surface area (Å²) >= 11 is 0. The number of para-hydroxylation sites is 1. The van der Waals surface area contributed by atoms with E-state index in [4.69, 9.17) is 0 Å². The van der Waals surface area contributed by atoms with Gasteiger partial charge >= 0.3 is 0 Å². The van der Waals surface area contributed by atoms with Gasteiger partial charge in [-0.05, 0) is 42.0 Å². The molecular formula is C17H19N. The van der Waals surface area contributed by atoms with Gasteiger partial charge in [-0.15, -0.1) is 0 Å². The van der Waals surface area contributed by atoms with E-state index >= 15 is 0 Å². The Balaban J connectivity index is 1.99. The van der Waals surface area contributed by atoms with Gasteiger partial charge in [-0.25, -0.2) is 0 Å². The van der Waals surface area contributed by atoms with E-state index in [0.717, 1.165) is 6.42 Å². The standard InChI is InChI=1S/C17H19N/c1-12-7-3-5-9-15(12)17-13(2)11-14-8-4-6-10-16(14)18-17/h3-10,13,17-18H,11H2,1-2H3. The lowest BCUT2D eigenvalue weighted by molar-refractivity contribution is 0.477. The summed E-state index contributed by atoms with van der Waals surface area (Å²) < 4.78 is 0. The lowest BCUT2D eigenvalue weighted by Gasteiger charge is -2.33. The van der Waals surface area contributed by atoms with Gasteiger partial charge in [0.05, 0.1) is 6.04 Å². The van der Waals surface area contributed by atoms with Crippen molar-refractivity contribution in [1.82, 2.24) is 0 Å². The summed E-state index contributed by atoms with van der Waals surface area (Å²) in [5, 5.41) is 3.70. The molecule has 0 saturated heterocycles. The molecule has 1 N–H and O–H groups in total. The monoisotopic (exact) mass is 237 g/mol. The molecule has 0 spiro atoms. The van der Waals surface area contributed by atoms with Gasteiger partial charge in [-0.3, -0.25) is 0 Å². The molecule has 1 heteroatoms. The van der Waals surface area contributed by atoms with Crippen LogP contribution in [0.2, 0.25) is 0 Å². The molecule has 2 aromatic rings. The van der Waals surface area contributed by atoms with Crippen LogP contribution in [0.3, 0.4) is 0 Å². The van der Waals surface area contributed by atoms with Crippen molar-refractivity contribution >= 4 is 5.69 Å². The first kappa shape index (κ1) is 11.3. The number of nitrogens with one attached hydrogen (secondary N) is 1. The van der Waals surface area contributed by atoms with Crippen molar-refractivity contribution < 1.29 is 0 Å². The quantitative estimate of drug-likeness (QED) is 0.778. The van der Waals surface area contributed by atoms with E-state index in [-0.39, 0.29) is 0 Å². The van der Waals surface area contributed by atoms with E-state index < -0.39 is 0 Å². The Morgan fingerprint density at radius 3 is 2.56 bits per heavy atom. The molecule has 1 heterocycles. The molecule has 3 rings (SSSR count). The summed E-state index contributed by atoms with van der Waals surface area (Å²) in [4.78, 5) is 0. The number of benzene rings is 2. The molecule has 0 fully saturated rings. The number of fused-ring (bicyclic) bond motifs is 1. The summed E-state index contributed by atoms with van der Waals surface area (Å²) in [6.45, 7) is 4.53. The van der Waals surface area contributed by atoms with E-state index in [1.54, 1.807) is 0 Å². The van der Waals surface area contributed by atoms with Crippen LogP contribution in [-0.4, -0.2) is 0 Å². The van der Waals surface area contributed by atoms with Gasteiger partial charge in [-0.1, -0.05) is 49.4 Å². The van der Waals surface area contributed by atoms with Crippen LogP contribution >= 0.6 is 0 Å². The molecule has 0 bridgehead atoms. The molecule has 0 aromatic heterocycles. The predicted molar refractivity (Wildman–Crippen MR) is 76.9 cm³/mol. The average molecular weight is 237 g/mol. The SMILES string of the molecule is Cc1ccccc1C1Nc2ccccc2CC1C. The van der Waals surface area contributed by atoms with Gasteiger partial charge in [0.25, 0.3) is 0 Å². The van der Waals surface area contributed by atoms with Gasteiger partial charge in [0.1, 0.15) is 0 Å². The molecular weight excluding hydrogens is 218 g/mol. The third-order valence-electron chi connectivity index (χ3n) is 3.96. The highest BCUT2D eigenvalue weighted by atomic mass is 14.9. The fourth-order valence-electron chi connectivity index (χ4n) is 2.93. The highest BCUT2D eigenvalue weighted by Crippen LogP contribution is 2.37. The zero-order valence-corrected chi connectivity index (χ0v) is 11.0. The first-order chi connectivity index (χ1) is 8.75. The van der Waals surface area contributed by atoms with E-state index in [9.17, 15) is 0 Å². The van der Waals surface area contributed by atoms with Crippen LogP contribution in [0.25, 0.3) is 0 Å². The highest BCUT2D eigenvalue weighted by Gasteiger charge is 2.26. The number of aryl methyl sites for hydroxylation is 1. The Morgan fingerprint density at radius 2 is 1.72 bits per heavy atom. The maximum absolute atomic E-state index is 3.70. The average Bonchev–Trinajstić information content (AvgIpc) is 2.39. The molecule has 1 aliphatic rings. The van der Waals surface area contributed by atoms with Crippen molar-refractivity contribution in [2.45, 2.75) is 26.3 Å². The van der Waals surface area contributed by atoms with Crippen LogP contribution in [0.1, 0.15) is 29.7 Å². The smallest absolute Gasteiger partial charge is 0.0545 e. The zero-order chi connectivity index (χ0) is 12.5. The van der Waals surface area contributed by atoms with Gasteiger partial charge < -0.3 is 5.32 Å². The van der Waals surface area contributed by atoms with Crippen molar-refractivity contribution in [2.24, 2.45) is 5.92 Å². The van der Waals surface area contributed by atoms with Crippen molar-refractivity contribution in [1.29, 1.82) is 0 Å². The summed E-state index contributed by atoms with van der Waals surface area (Å²) in [5.74, 6) is 0.626. The Kier molecular flexibility index (Phi) is 2.83. The first-order valence-electron chi connectivity index (χ1n) is 6.65. The fourth-order valence-corrected chi connectivity index (χ4v) is 2.93. The zero-order valence-electron chi connectivity index (χ0n) is 11.0. The molecule has 1 aliphatic heterocycles. The van der Waals surface area contributed by atoms with Crippen LogP contribution < -0.4 is 5.32 Å². The van der Waals surface area contributed by atoms with Gasteiger partial charge in [0.15, 0.2) is 0 Å². The van der Waals surface area contributed by atoms with Crippen LogP contribution in [-0.2, 0) is 6.42 Å². The van der Waals surface area contributed by atoms with Crippen molar-refractivity contribution in [3.8, 4) is 0 Å². The lowest BCUT2D eigenvalue weighted by Crippen LogP contribution is -2.26. The maximum atomic E-state index is 3.70. The summed E-state index contributed by atoms with van der Waals surface area (Å²) in [6.07, 6.45) is 1.15. The predicted octanol–water partition coefficient (Wildman–Crippen LogP) is 4.34. The molecule has 92 valence electrons. The topological polar surface area (TPSA) is 12.0 Å². The molecule has 2 atom stereocenters. The Morgan fingerprint density at radius 1 is 1.00 bits per heavy atom. The number of hydrogen-bond donors (Lipinski definition) is 1. The summed E-state index contributed by atoms with van der Waals surface area (Å²) in [5.41, 5.74) is 5.54. The molecule has 0 amide bonds. The van der Waals surface area contributed by atoms with E-state index in [1.807, 2.05) is 0 Å². The number of anilines is 1. The van der Waals surface area contributed by atoms with Crippen LogP contribution in [0, 0.1) is 12.8 Å². The number of hydrogen-bond acceptors (Lipinski definition) is 1. The van der Waals surface area contributed by atoms with Crippen molar-refractivity contribution in [3.63, 3.8) is 0 Å². The van der Waals surface area contributed by atoms with Crippen LogP contribution in [0.4, 0.5) is 5.69 Å². The Bertz CT molecular complexity index is 559. The Labute approximate surface area is 109 Å². The molecule has 2 unspecified atom stereocenters. The molecule has 18 heavy (non-hydrogen) atoms. The summed E-state index contributed by atoms with van der Waals surface area (Å²) in [6, 6.07) is 17.8.